The molecular formula is C15H21N3S. The number of aryl methyl sites for hydroxylation is 2. The van der Waals surface area contributed by atoms with Crippen LogP contribution in [0, 0.1) is 0 Å². The van der Waals surface area contributed by atoms with E-state index < -0.39 is 0 Å². The van der Waals surface area contributed by atoms with Gasteiger partial charge in [0.25, 0.3) is 0 Å². The Morgan fingerprint density at radius 3 is 2.74 bits per heavy atom. The summed E-state index contributed by atoms with van der Waals surface area (Å²) in [6.07, 6.45) is 3.82. The zero-order chi connectivity index (χ0) is 13.7. The zero-order valence-corrected chi connectivity index (χ0v) is 12.7. The van der Waals surface area contributed by atoms with Gasteiger partial charge in [0.05, 0.1) is 5.69 Å². The summed E-state index contributed by atoms with van der Waals surface area (Å²) in [5, 5.41) is 4.44. The Bertz CT molecular complexity index is 534. The molecule has 0 unspecified atom stereocenters. The van der Waals surface area contributed by atoms with Crippen LogP contribution in [-0.4, -0.2) is 16.5 Å². The van der Waals surface area contributed by atoms with Crippen molar-refractivity contribution in [1.29, 1.82) is 0 Å². The Kier molecular flexibility index (Phi) is 5.05. The molecule has 1 N–H and O–H groups in total. The first-order valence-electron chi connectivity index (χ1n) is 6.93. The van der Waals surface area contributed by atoms with E-state index in [9.17, 15) is 0 Å². The average Bonchev–Trinajstić information content (AvgIpc) is 2.88. The molecule has 0 radical (unpaired) electrons. The Morgan fingerprint density at radius 2 is 2.05 bits per heavy atom. The first-order chi connectivity index (χ1) is 9.30. The summed E-state index contributed by atoms with van der Waals surface area (Å²) in [6, 6.07) is 4.13. The van der Waals surface area contributed by atoms with Crippen LogP contribution in [0.2, 0.25) is 0 Å². The normalized spacial score (nSPS) is 10.9. The number of pyridine rings is 1. The highest BCUT2D eigenvalue weighted by atomic mass is 32.1. The van der Waals surface area contributed by atoms with E-state index in [1.807, 2.05) is 12.3 Å². The number of thiazole rings is 1. The molecule has 0 aliphatic carbocycles. The molecule has 0 amide bonds. The van der Waals surface area contributed by atoms with Gasteiger partial charge in [0.2, 0.25) is 0 Å². The van der Waals surface area contributed by atoms with Crippen molar-refractivity contribution < 1.29 is 0 Å². The highest BCUT2D eigenvalue weighted by Gasteiger charge is 2.14. The molecule has 0 atom stereocenters. The van der Waals surface area contributed by atoms with Crippen LogP contribution in [0.4, 0.5) is 0 Å². The summed E-state index contributed by atoms with van der Waals surface area (Å²) in [6.45, 7) is 8.34. The predicted molar refractivity (Wildman–Crippen MR) is 81.5 cm³/mol. The van der Waals surface area contributed by atoms with Gasteiger partial charge in [-0.3, -0.25) is 4.98 Å². The van der Waals surface area contributed by atoms with Crippen LogP contribution in [0.3, 0.4) is 0 Å². The number of nitrogens with one attached hydrogen (secondary N) is 1. The summed E-state index contributed by atoms with van der Waals surface area (Å²) in [7, 11) is 0. The van der Waals surface area contributed by atoms with Gasteiger partial charge in [0.15, 0.2) is 0 Å². The molecule has 0 saturated heterocycles. The molecule has 0 aromatic carbocycles. The molecule has 102 valence electrons. The van der Waals surface area contributed by atoms with Gasteiger partial charge in [-0.1, -0.05) is 26.8 Å². The first kappa shape index (κ1) is 14.2. The fraction of sp³-hybridized carbons (Fsp3) is 0.467. The quantitative estimate of drug-likeness (QED) is 0.877. The fourth-order valence-corrected chi connectivity index (χ4v) is 3.21. The van der Waals surface area contributed by atoms with Crippen molar-refractivity contribution in [3.63, 3.8) is 0 Å². The van der Waals surface area contributed by atoms with Crippen molar-refractivity contribution >= 4 is 11.3 Å². The van der Waals surface area contributed by atoms with Gasteiger partial charge >= 0.3 is 0 Å². The summed E-state index contributed by atoms with van der Waals surface area (Å²) in [4.78, 5) is 10.6. The Hall–Kier alpha value is -1.26. The summed E-state index contributed by atoms with van der Waals surface area (Å²) in [5.41, 5.74) is 3.52. The molecule has 2 aromatic rings. The Morgan fingerprint density at radius 1 is 1.21 bits per heavy atom. The lowest BCUT2D eigenvalue weighted by molar-refractivity contribution is 0.727. The topological polar surface area (TPSA) is 37.8 Å². The number of hydrogen-bond acceptors (Lipinski definition) is 4. The van der Waals surface area contributed by atoms with Crippen molar-refractivity contribution in [3.05, 3.63) is 34.5 Å². The minimum Gasteiger partial charge on any atom is -0.312 e. The molecule has 2 aromatic heterocycles. The van der Waals surface area contributed by atoms with Crippen LogP contribution < -0.4 is 5.32 Å². The monoisotopic (exact) mass is 275 g/mol. The molecule has 4 heteroatoms. The maximum Gasteiger partial charge on any atom is 0.142 e. The zero-order valence-electron chi connectivity index (χ0n) is 11.9. The molecule has 2 rings (SSSR count). The van der Waals surface area contributed by atoms with E-state index in [0.29, 0.717) is 0 Å². The molecule has 2 heterocycles. The second kappa shape index (κ2) is 6.78. The maximum atomic E-state index is 4.78. The third-order valence-electron chi connectivity index (χ3n) is 3.12. The lowest BCUT2D eigenvalue weighted by Gasteiger charge is -2.02. The van der Waals surface area contributed by atoms with Gasteiger partial charge in [-0.15, -0.1) is 11.3 Å². The standard InChI is InChI=1S/C15H21N3S/c1-4-11-8-7-9-17-14(11)15-18-12(5-2)13(19-15)10-16-6-3/h7-9,16H,4-6,10H2,1-3H3. The Labute approximate surface area is 119 Å². The molecule has 3 nitrogen and oxygen atoms in total. The second-order valence-corrected chi connectivity index (χ2v) is 5.47. The highest BCUT2D eigenvalue weighted by Crippen LogP contribution is 2.29. The SMILES string of the molecule is CCNCc1sc(-c2ncccc2CC)nc1CC. The minimum absolute atomic E-state index is 0.908. The van der Waals surface area contributed by atoms with E-state index in [-0.39, 0.29) is 0 Å². The van der Waals surface area contributed by atoms with Crippen LogP contribution in [0.15, 0.2) is 18.3 Å². The van der Waals surface area contributed by atoms with Crippen molar-refractivity contribution in [2.45, 2.75) is 40.2 Å². The lowest BCUT2D eigenvalue weighted by Crippen LogP contribution is -2.11. The van der Waals surface area contributed by atoms with Crippen molar-refractivity contribution in [2.75, 3.05) is 6.54 Å². The van der Waals surface area contributed by atoms with E-state index in [4.69, 9.17) is 4.98 Å². The average molecular weight is 275 g/mol. The second-order valence-electron chi connectivity index (χ2n) is 4.39. The van der Waals surface area contributed by atoms with Crippen molar-refractivity contribution in [2.24, 2.45) is 0 Å². The minimum atomic E-state index is 0.908. The molecule has 0 saturated carbocycles. The van der Waals surface area contributed by atoms with Crippen LogP contribution in [-0.2, 0) is 19.4 Å². The van der Waals surface area contributed by atoms with E-state index in [0.717, 1.165) is 36.6 Å². The fourth-order valence-electron chi connectivity index (χ4n) is 2.05. The predicted octanol–water partition coefficient (Wildman–Crippen LogP) is 3.44. The number of rotatable bonds is 6. The maximum absolute atomic E-state index is 4.78. The summed E-state index contributed by atoms with van der Waals surface area (Å²) < 4.78 is 0. The van der Waals surface area contributed by atoms with Gasteiger partial charge < -0.3 is 5.32 Å². The molecule has 0 spiro atoms. The van der Waals surface area contributed by atoms with Crippen LogP contribution in [0.1, 0.15) is 36.9 Å². The first-order valence-corrected chi connectivity index (χ1v) is 7.75. The number of aromatic nitrogens is 2. The van der Waals surface area contributed by atoms with Crippen LogP contribution >= 0.6 is 11.3 Å². The molecule has 0 bridgehead atoms. The Balaban J connectivity index is 2.37. The lowest BCUT2D eigenvalue weighted by atomic mass is 10.1. The van der Waals surface area contributed by atoms with Crippen LogP contribution in [0.5, 0.6) is 0 Å². The highest BCUT2D eigenvalue weighted by molar-refractivity contribution is 7.15. The van der Waals surface area contributed by atoms with Gasteiger partial charge in [-0.05, 0) is 31.0 Å². The van der Waals surface area contributed by atoms with Gasteiger partial charge in [-0.2, -0.15) is 0 Å². The third-order valence-corrected chi connectivity index (χ3v) is 4.23. The van der Waals surface area contributed by atoms with Crippen LogP contribution in [0.25, 0.3) is 10.7 Å². The van der Waals surface area contributed by atoms with Gasteiger partial charge in [0.1, 0.15) is 10.7 Å². The largest absolute Gasteiger partial charge is 0.312 e. The summed E-state index contributed by atoms with van der Waals surface area (Å²) >= 11 is 1.77. The third kappa shape index (κ3) is 3.19. The van der Waals surface area contributed by atoms with E-state index in [1.165, 1.54) is 16.1 Å². The molecule has 0 aliphatic heterocycles. The number of nitrogens with zero attached hydrogens (tertiary/aromatic N) is 2. The van der Waals surface area contributed by atoms with E-state index in [2.05, 4.69) is 37.1 Å². The molecule has 0 aliphatic rings. The molecule has 0 fully saturated rings. The van der Waals surface area contributed by atoms with Crippen molar-refractivity contribution in [1.82, 2.24) is 15.3 Å². The van der Waals surface area contributed by atoms with Gasteiger partial charge in [-0.25, -0.2) is 4.98 Å². The van der Waals surface area contributed by atoms with E-state index in [1.54, 1.807) is 11.3 Å². The van der Waals surface area contributed by atoms with Gasteiger partial charge in [0, 0.05) is 17.6 Å². The van der Waals surface area contributed by atoms with E-state index >= 15 is 0 Å². The van der Waals surface area contributed by atoms with Crippen molar-refractivity contribution in [3.8, 4) is 10.7 Å². The molecular weight excluding hydrogens is 254 g/mol. The number of hydrogen-bond donors (Lipinski definition) is 1. The molecule has 19 heavy (non-hydrogen) atoms. The smallest absolute Gasteiger partial charge is 0.142 e. The summed E-state index contributed by atoms with van der Waals surface area (Å²) in [5.74, 6) is 0.